The standard InChI is InChI=1S/C22H20ClN5O/c1-22(2)10-16-18(17(29)11-22)19(14-7-3-4-8-15(14)23)28-21(25-16)26-20(27-28)13-6-5-9-24-12-13/h3-9,12,19H,10-11H2,1-2H3,(H,25,26,27). The molecule has 2 aromatic heterocycles. The molecule has 6 nitrogen and oxygen atoms in total. The van der Waals surface area contributed by atoms with Crippen LogP contribution in [0.25, 0.3) is 11.4 Å². The van der Waals surface area contributed by atoms with Crippen LogP contribution in [0, 0.1) is 5.41 Å². The average molecular weight is 406 g/mol. The smallest absolute Gasteiger partial charge is 0.226 e. The predicted molar refractivity (Wildman–Crippen MR) is 112 cm³/mol. The van der Waals surface area contributed by atoms with Crippen molar-refractivity contribution in [1.82, 2.24) is 19.7 Å². The molecule has 29 heavy (non-hydrogen) atoms. The summed E-state index contributed by atoms with van der Waals surface area (Å²) in [7, 11) is 0. The van der Waals surface area contributed by atoms with Gasteiger partial charge in [0.05, 0.1) is 0 Å². The molecule has 3 heterocycles. The zero-order valence-corrected chi connectivity index (χ0v) is 16.9. The zero-order valence-electron chi connectivity index (χ0n) is 16.2. The van der Waals surface area contributed by atoms with Crippen LogP contribution in [0.3, 0.4) is 0 Å². The Hall–Kier alpha value is -2.99. The Bertz CT molecular complexity index is 1150. The van der Waals surface area contributed by atoms with Crippen molar-refractivity contribution in [2.45, 2.75) is 32.7 Å². The minimum absolute atomic E-state index is 0.109. The Morgan fingerprint density at radius 3 is 2.76 bits per heavy atom. The van der Waals surface area contributed by atoms with Gasteiger partial charge in [-0.05, 0) is 30.0 Å². The largest absolute Gasteiger partial charge is 0.328 e. The summed E-state index contributed by atoms with van der Waals surface area (Å²) < 4.78 is 1.78. The third-order valence-corrected chi connectivity index (χ3v) is 5.80. The lowest BCUT2D eigenvalue weighted by Crippen LogP contribution is -2.36. The molecule has 3 aromatic rings. The monoisotopic (exact) mass is 405 g/mol. The Morgan fingerprint density at radius 2 is 2.00 bits per heavy atom. The number of Topliss-reactive ketones (excluding diaryl/α,β-unsaturated/α-hetero) is 1. The van der Waals surface area contributed by atoms with Gasteiger partial charge in [-0.1, -0.05) is 43.6 Å². The van der Waals surface area contributed by atoms with E-state index in [4.69, 9.17) is 21.7 Å². The number of nitrogens with one attached hydrogen (secondary N) is 1. The van der Waals surface area contributed by atoms with Gasteiger partial charge < -0.3 is 5.32 Å². The highest BCUT2D eigenvalue weighted by Gasteiger charge is 2.42. The lowest BCUT2D eigenvalue weighted by molar-refractivity contribution is -0.118. The maximum atomic E-state index is 13.2. The Balaban J connectivity index is 1.71. The van der Waals surface area contributed by atoms with Crippen molar-refractivity contribution in [2.75, 3.05) is 5.32 Å². The van der Waals surface area contributed by atoms with Crippen molar-refractivity contribution in [1.29, 1.82) is 0 Å². The molecule has 0 saturated carbocycles. The highest BCUT2D eigenvalue weighted by molar-refractivity contribution is 6.31. The Morgan fingerprint density at radius 1 is 1.17 bits per heavy atom. The molecule has 0 fully saturated rings. The fraction of sp³-hybridized carbons (Fsp3) is 0.273. The van der Waals surface area contributed by atoms with Crippen molar-refractivity contribution in [2.24, 2.45) is 5.41 Å². The lowest BCUT2D eigenvalue weighted by Gasteiger charge is -2.38. The molecule has 1 unspecified atom stereocenters. The van der Waals surface area contributed by atoms with E-state index in [2.05, 4.69) is 24.1 Å². The van der Waals surface area contributed by atoms with Crippen LogP contribution < -0.4 is 5.32 Å². The van der Waals surface area contributed by atoms with Gasteiger partial charge in [0.25, 0.3) is 0 Å². The molecule has 0 radical (unpaired) electrons. The van der Waals surface area contributed by atoms with Crippen molar-refractivity contribution >= 4 is 23.3 Å². The number of allylic oxidation sites excluding steroid dienone is 2. The molecule has 7 heteroatoms. The number of nitrogens with zero attached hydrogens (tertiary/aromatic N) is 4. The third kappa shape index (κ3) is 3.04. The van der Waals surface area contributed by atoms with Crippen LogP contribution in [0.4, 0.5) is 5.95 Å². The van der Waals surface area contributed by atoms with E-state index in [1.165, 1.54) is 0 Å². The van der Waals surface area contributed by atoms with Crippen LogP contribution in [0.2, 0.25) is 5.02 Å². The summed E-state index contributed by atoms with van der Waals surface area (Å²) in [5.74, 6) is 1.29. The summed E-state index contributed by atoms with van der Waals surface area (Å²) in [5.41, 5.74) is 3.20. The third-order valence-electron chi connectivity index (χ3n) is 5.45. The maximum absolute atomic E-state index is 13.2. The van der Waals surface area contributed by atoms with Crippen LogP contribution in [0.5, 0.6) is 0 Å². The minimum atomic E-state index is -0.406. The van der Waals surface area contributed by atoms with E-state index < -0.39 is 6.04 Å². The van der Waals surface area contributed by atoms with Crippen molar-refractivity contribution < 1.29 is 4.79 Å². The van der Waals surface area contributed by atoms with E-state index in [1.54, 1.807) is 17.1 Å². The van der Waals surface area contributed by atoms with E-state index in [1.807, 2.05) is 36.4 Å². The first-order valence-electron chi connectivity index (χ1n) is 9.58. The molecule has 1 aliphatic heterocycles. The van der Waals surface area contributed by atoms with Gasteiger partial charge >= 0.3 is 0 Å². The number of carbonyl (C=O) groups excluding carboxylic acids is 1. The second-order valence-corrected chi connectivity index (χ2v) is 8.73. The van der Waals surface area contributed by atoms with E-state index in [0.717, 1.165) is 28.8 Å². The minimum Gasteiger partial charge on any atom is -0.328 e. The van der Waals surface area contributed by atoms with Gasteiger partial charge in [-0.3, -0.25) is 9.78 Å². The molecule has 2 aliphatic rings. The predicted octanol–water partition coefficient (Wildman–Crippen LogP) is 4.65. The Kier molecular flexibility index (Phi) is 4.06. The van der Waals surface area contributed by atoms with Gasteiger partial charge in [-0.25, -0.2) is 4.68 Å². The topological polar surface area (TPSA) is 72.7 Å². The van der Waals surface area contributed by atoms with Gasteiger partial charge in [-0.2, -0.15) is 4.98 Å². The molecule has 5 rings (SSSR count). The van der Waals surface area contributed by atoms with Gasteiger partial charge in [-0.15, -0.1) is 5.10 Å². The summed E-state index contributed by atoms with van der Waals surface area (Å²) in [4.78, 5) is 22.1. The highest BCUT2D eigenvalue weighted by Crippen LogP contribution is 2.46. The van der Waals surface area contributed by atoms with Crippen LogP contribution in [0.1, 0.15) is 38.3 Å². The number of anilines is 1. The number of hydrogen-bond donors (Lipinski definition) is 1. The van der Waals surface area contributed by atoms with E-state index in [0.29, 0.717) is 23.2 Å². The molecular weight excluding hydrogens is 386 g/mol. The van der Waals surface area contributed by atoms with Crippen molar-refractivity contribution in [3.05, 3.63) is 70.6 Å². The molecule has 146 valence electrons. The first-order valence-corrected chi connectivity index (χ1v) is 9.95. The number of fused-ring (bicyclic) bond motifs is 1. The molecule has 0 saturated heterocycles. The number of aromatic nitrogens is 4. The summed E-state index contributed by atoms with van der Waals surface area (Å²) in [6.45, 7) is 4.22. The lowest BCUT2D eigenvalue weighted by atomic mass is 9.73. The quantitative estimate of drug-likeness (QED) is 0.671. The van der Waals surface area contributed by atoms with Crippen LogP contribution in [0.15, 0.2) is 60.1 Å². The molecule has 0 spiro atoms. The second-order valence-electron chi connectivity index (χ2n) is 8.33. The van der Waals surface area contributed by atoms with Gasteiger partial charge in [0.15, 0.2) is 11.6 Å². The number of ketones is 1. The fourth-order valence-corrected chi connectivity index (χ4v) is 4.45. The van der Waals surface area contributed by atoms with Crippen LogP contribution >= 0.6 is 11.6 Å². The average Bonchev–Trinajstić information content (AvgIpc) is 3.10. The SMILES string of the molecule is CC1(C)CC(=O)C2=C(C1)Nc1nc(-c3cccnc3)nn1C2c1ccccc1Cl. The second kappa shape index (κ2) is 6.52. The number of halogens is 1. The van der Waals surface area contributed by atoms with Crippen LogP contribution in [-0.2, 0) is 4.79 Å². The molecule has 1 N–H and O–H groups in total. The molecule has 1 aliphatic carbocycles. The Labute approximate surface area is 173 Å². The number of hydrogen-bond acceptors (Lipinski definition) is 5. The van der Waals surface area contributed by atoms with E-state index >= 15 is 0 Å². The zero-order chi connectivity index (χ0) is 20.2. The highest BCUT2D eigenvalue weighted by atomic mass is 35.5. The number of benzene rings is 1. The van der Waals surface area contributed by atoms with E-state index in [-0.39, 0.29) is 11.2 Å². The molecule has 0 amide bonds. The molecule has 1 atom stereocenters. The molecule has 0 bridgehead atoms. The summed E-state index contributed by atoms with van der Waals surface area (Å²) in [6.07, 6.45) is 4.71. The fourth-order valence-electron chi connectivity index (χ4n) is 4.21. The number of rotatable bonds is 2. The van der Waals surface area contributed by atoms with E-state index in [9.17, 15) is 4.79 Å². The number of pyridine rings is 1. The van der Waals surface area contributed by atoms with Gasteiger partial charge in [0.2, 0.25) is 5.95 Å². The van der Waals surface area contributed by atoms with Gasteiger partial charge in [0.1, 0.15) is 6.04 Å². The summed E-state index contributed by atoms with van der Waals surface area (Å²) in [6, 6.07) is 11.0. The summed E-state index contributed by atoms with van der Waals surface area (Å²) >= 11 is 6.56. The normalized spacial score (nSPS) is 20.1. The van der Waals surface area contributed by atoms with Crippen molar-refractivity contribution in [3.63, 3.8) is 0 Å². The molecular formula is C22H20ClN5O. The number of carbonyl (C=O) groups is 1. The van der Waals surface area contributed by atoms with Crippen molar-refractivity contribution in [3.8, 4) is 11.4 Å². The summed E-state index contributed by atoms with van der Waals surface area (Å²) in [5, 5.41) is 8.72. The van der Waals surface area contributed by atoms with Gasteiger partial charge in [0, 0.05) is 46.2 Å². The first kappa shape index (κ1) is 18.1. The molecule has 1 aromatic carbocycles. The van der Waals surface area contributed by atoms with Crippen LogP contribution in [-0.4, -0.2) is 25.5 Å². The first-order chi connectivity index (χ1) is 13.9. The maximum Gasteiger partial charge on any atom is 0.226 e.